The Morgan fingerprint density at radius 3 is 1.46 bits per heavy atom. The zero-order valence-corrected chi connectivity index (χ0v) is 9.78. The molecular weight excluding hydrogens is 184 g/mol. The van der Waals surface area contributed by atoms with Crippen LogP contribution in [0.3, 0.4) is 0 Å². The van der Waals surface area contributed by atoms with Crippen LogP contribution >= 0.6 is 11.8 Å². The standard InChI is InChI=1S/C8H18S.C2H6O2/c1-3-5-7-9-8-6-4-2;3-1-2-4/h3-8H2,1-2H3;3-4H,1-2H2. The average molecular weight is 208 g/mol. The molecule has 0 radical (unpaired) electrons. The number of thioether (sulfide) groups is 1. The lowest BCUT2D eigenvalue weighted by molar-refractivity contribution is 0.186. The lowest BCUT2D eigenvalue weighted by atomic mass is 10.4. The van der Waals surface area contributed by atoms with Crippen LogP contribution in [0.15, 0.2) is 0 Å². The fraction of sp³-hybridized carbons (Fsp3) is 1.00. The number of rotatable bonds is 7. The largest absolute Gasteiger partial charge is 0.394 e. The number of aliphatic hydroxyl groups excluding tert-OH is 2. The highest BCUT2D eigenvalue weighted by Crippen LogP contribution is 2.06. The zero-order chi connectivity index (χ0) is 10.4. The smallest absolute Gasteiger partial charge is 0.0662 e. The second kappa shape index (κ2) is 18.1. The van der Waals surface area contributed by atoms with E-state index in [0.29, 0.717) is 0 Å². The molecule has 0 unspecified atom stereocenters. The van der Waals surface area contributed by atoms with Crippen molar-refractivity contribution in [2.45, 2.75) is 39.5 Å². The summed E-state index contributed by atoms with van der Waals surface area (Å²) in [6.45, 7) is 4.25. The maximum atomic E-state index is 7.62. The van der Waals surface area contributed by atoms with Gasteiger partial charge in [-0.25, -0.2) is 0 Å². The fourth-order valence-electron chi connectivity index (χ4n) is 0.595. The van der Waals surface area contributed by atoms with Gasteiger partial charge in [-0.1, -0.05) is 26.7 Å². The summed E-state index contributed by atoms with van der Waals surface area (Å²) in [5.41, 5.74) is 0. The van der Waals surface area contributed by atoms with Gasteiger partial charge in [-0.15, -0.1) is 0 Å². The molecule has 0 aromatic carbocycles. The molecule has 2 nitrogen and oxygen atoms in total. The van der Waals surface area contributed by atoms with E-state index < -0.39 is 0 Å². The number of unbranched alkanes of at least 4 members (excludes halogenated alkanes) is 2. The van der Waals surface area contributed by atoms with E-state index in [1.54, 1.807) is 0 Å². The van der Waals surface area contributed by atoms with Crippen LogP contribution in [0, 0.1) is 0 Å². The molecule has 0 fully saturated rings. The summed E-state index contributed by atoms with van der Waals surface area (Å²) in [5.74, 6) is 2.74. The molecular formula is C10H24O2S. The topological polar surface area (TPSA) is 40.5 Å². The molecule has 0 aromatic heterocycles. The van der Waals surface area contributed by atoms with Gasteiger partial charge >= 0.3 is 0 Å². The third-order valence-electron chi connectivity index (χ3n) is 1.38. The maximum Gasteiger partial charge on any atom is 0.0662 e. The first-order chi connectivity index (χ1) is 6.33. The summed E-state index contributed by atoms with van der Waals surface area (Å²) >= 11 is 2.10. The van der Waals surface area contributed by atoms with Crippen LogP contribution in [0.25, 0.3) is 0 Å². The van der Waals surface area contributed by atoms with Crippen molar-refractivity contribution in [1.29, 1.82) is 0 Å². The summed E-state index contributed by atoms with van der Waals surface area (Å²) in [6, 6.07) is 0. The van der Waals surface area contributed by atoms with E-state index in [2.05, 4.69) is 25.6 Å². The summed E-state index contributed by atoms with van der Waals surface area (Å²) in [5, 5.41) is 15.2. The first kappa shape index (κ1) is 15.7. The molecule has 0 rings (SSSR count). The molecule has 0 atom stereocenters. The van der Waals surface area contributed by atoms with E-state index in [-0.39, 0.29) is 13.2 Å². The van der Waals surface area contributed by atoms with Gasteiger partial charge in [0.1, 0.15) is 0 Å². The molecule has 0 spiro atoms. The highest BCUT2D eigenvalue weighted by molar-refractivity contribution is 7.99. The third kappa shape index (κ3) is 24.5. The van der Waals surface area contributed by atoms with E-state index in [1.165, 1.54) is 37.2 Å². The summed E-state index contributed by atoms with van der Waals surface area (Å²) in [4.78, 5) is 0. The van der Waals surface area contributed by atoms with Gasteiger partial charge in [0, 0.05) is 0 Å². The van der Waals surface area contributed by atoms with Gasteiger partial charge in [-0.05, 0) is 24.3 Å². The Labute approximate surface area is 86.7 Å². The lowest BCUT2D eigenvalue weighted by Crippen LogP contribution is -1.85. The van der Waals surface area contributed by atoms with Crippen molar-refractivity contribution >= 4 is 11.8 Å². The van der Waals surface area contributed by atoms with Gasteiger partial charge in [-0.3, -0.25) is 0 Å². The molecule has 0 aromatic rings. The Hall–Kier alpha value is 0.270. The van der Waals surface area contributed by atoms with Crippen molar-refractivity contribution in [3.05, 3.63) is 0 Å². The van der Waals surface area contributed by atoms with Gasteiger partial charge in [0.05, 0.1) is 13.2 Å². The maximum absolute atomic E-state index is 7.62. The van der Waals surface area contributed by atoms with E-state index in [1.807, 2.05) is 0 Å². The molecule has 0 saturated carbocycles. The highest BCUT2D eigenvalue weighted by atomic mass is 32.2. The van der Waals surface area contributed by atoms with Crippen LogP contribution in [0.4, 0.5) is 0 Å². The van der Waals surface area contributed by atoms with Crippen molar-refractivity contribution in [1.82, 2.24) is 0 Å². The molecule has 0 amide bonds. The minimum atomic E-state index is -0.125. The normalized spacial score (nSPS) is 9.23. The monoisotopic (exact) mass is 208 g/mol. The minimum Gasteiger partial charge on any atom is -0.394 e. The van der Waals surface area contributed by atoms with Crippen molar-refractivity contribution in [3.8, 4) is 0 Å². The first-order valence-electron chi connectivity index (χ1n) is 5.12. The van der Waals surface area contributed by atoms with Gasteiger partial charge < -0.3 is 10.2 Å². The van der Waals surface area contributed by atoms with Gasteiger partial charge in [0.25, 0.3) is 0 Å². The zero-order valence-electron chi connectivity index (χ0n) is 8.96. The van der Waals surface area contributed by atoms with Crippen LogP contribution in [-0.2, 0) is 0 Å². The molecule has 0 aliphatic heterocycles. The van der Waals surface area contributed by atoms with Crippen LogP contribution in [0.1, 0.15) is 39.5 Å². The van der Waals surface area contributed by atoms with E-state index in [9.17, 15) is 0 Å². The molecule has 0 heterocycles. The Balaban J connectivity index is 0. The third-order valence-corrected chi connectivity index (χ3v) is 2.54. The number of aliphatic hydroxyl groups is 2. The lowest BCUT2D eigenvalue weighted by Gasteiger charge is -1.96. The molecule has 0 aliphatic carbocycles. The van der Waals surface area contributed by atoms with E-state index in [4.69, 9.17) is 10.2 Å². The van der Waals surface area contributed by atoms with Crippen LogP contribution < -0.4 is 0 Å². The van der Waals surface area contributed by atoms with Crippen LogP contribution in [0.2, 0.25) is 0 Å². The molecule has 13 heavy (non-hydrogen) atoms. The number of hydrogen-bond donors (Lipinski definition) is 2. The number of hydrogen-bond acceptors (Lipinski definition) is 3. The van der Waals surface area contributed by atoms with Crippen molar-refractivity contribution in [2.75, 3.05) is 24.7 Å². The fourth-order valence-corrected chi connectivity index (χ4v) is 1.78. The van der Waals surface area contributed by atoms with Gasteiger partial charge in [0.15, 0.2) is 0 Å². The van der Waals surface area contributed by atoms with Crippen molar-refractivity contribution < 1.29 is 10.2 Å². The predicted molar refractivity (Wildman–Crippen MR) is 61.3 cm³/mol. The van der Waals surface area contributed by atoms with Crippen molar-refractivity contribution in [3.63, 3.8) is 0 Å². The molecule has 2 N–H and O–H groups in total. The Morgan fingerprint density at radius 1 is 0.846 bits per heavy atom. The second-order valence-electron chi connectivity index (χ2n) is 2.77. The molecule has 0 saturated heterocycles. The Morgan fingerprint density at radius 2 is 1.23 bits per heavy atom. The Kier molecular flexibility index (Phi) is 21.9. The quantitative estimate of drug-likeness (QED) is 0.631. The predicted octanol–water partition coefficient (Wildman–Crippen LogP) is 2.29. The minimum absolute atomic E-state index is 0.125. The molecule has 82 valence electrons. The van der Waals surface area contributed by atoms with Crippen molar-refractivity contribution in [2.24, 2.45) is 0 Å². The van der Waals surface area contributed by atoms with Gasteiger partial charge in [0.2, 0.25) is 0 Å². The molecule has 3 heteroatoms. The van der Waals surface area contributed by atoms with Gasteiger partial charge in [-0.2, -0.15) is 11.8 Å². The SMILES string of the molecule is CCCCSCCCC.OCCO. The molecule has 0 bridgehead atoms. The summed E-state index contributed by atoms with van der Waals surface area (Å²) in [6.07, 6.45) is 5.49. The van der Waals surface area contributed by atoms with E-state index >= 15 is 0 Å². The first-order valence-corrected chi connectivity index (χ1v) is 6.28. The second-order valence-corrected chi connectivity index (χ2v) is 3.99. The van der Waals surface area contributed by atoms with Crippen LogP contribution in [0.5, 0.6) is 0 Å². The van der Waals surface area contributed by atoms with E-state index in [0.717, 1.165) is 0 Å². The van der Waals surface area contributed by atoms with Crippen LogP contribution in [-0.4, -0.2) is 34.9 Å². The average Bonchev–Trinajstić information content (AvgIpc) is 2.18. The summed E-state index contributed by atoms with van der Waals surface area (Å²) < 4.78 is 0. The highest BCUT2D eigenvalue weighted by Gasteiger charge is 1.85. The molecule has 0 aliphatic rings. The Bertz CT molecular complexity index is 61.9. The summed E-state index contributed by atoms with van der Waals surface area (Å²) in [7, 11) is 0.